The fourth-order valence-corrected chi connectivity index (χ4v) is 7.10. The number of aliphatic hydroxyl groups excluding tert-OH is 1. The van der Waals surface area contributed by atoms with Crippen molar-refractivity contribution < 1.29 is 34.5 Å². The lowest BCUT2D eigenvalue weighted by molar-refractivity contribution is -0.190. The number of carbonyl (C=O) groups excluding carboxylic acids is 4. The van der Waals surface area contributed by atoms with E-state index in [1.165, 1.54) is 6.07 Å². The summed E-state index contributed by atoms with van der Waals surface area (Å²) in [5.41, 5.74) is 6.45. The standard InChI is InChI=1S/C30H35N3O7/c1-14-4-6-15(7-5-14)12-32-13-16-8-9-20(34)22-18(16)10-17-11-19-24(33(2)3)26(36)23(29(31)39)28(38)30(19,40)27(37)21(17)25(22)35/h4-9,17,19,21,23-24,26,32,34,36,40H,10-13H2,1-3H3,(H2,31,39)/t17-,19-,21?,23?,24-,26?,30-/m1/s1. The third kappa shape index (κ3) is 4.26. The number of rotatable bonds is 6. The Hall–Kier alpha value is -3.44. The van der Waals surface area contributed by atoms with E-state index in [9.17, 15) is 34.5 Å². The van der Waals surface area contributed by atoms with Gasteiger partial charge in [0.05, 0.1) is 17.6 Å². The Labute approximate surface area is 232 Å². The van der Waals surface area contributed by atoms with Gasteiger partial charge >= 0.3 is 0 Å². The number of phenols is 1. The molecule has 3 unspecified atom stereocenters. The molecule has 2 aromatic carbocycles. The van der Waals surface area contributed by atoms with Crippen LogP contribution in [-0.2, 0) is 33.9 Å². The quantitative estimate of drug-likeness (QED) is 0.317. The summed E-state index contributed by atoms with van der Waals surface area (Å²) in [5.74, 6) is -9.02. The summed E-state index contributed by atoms with van der Waals surface area (Å²) in [7, 11) is 3.24. The zero-order valence-electron chi connectivity index (χ0n) is 22.8. The average Bonchev–Trinajstić information content (AvgIpc) is 2.88. The van der Waals surface area contributed by atoms with Gasteiger partial charge in [-0.1, -0.05) is 35.9 Å². The van der Waals surface area contributed by atoms with Crippen molar-refractivity contribution in [2.45, 2.75) is 50.6 Å². The molecule has 6 N–H and O–H groups in total. The number of aliphatic hydroxyl groups is 2. The number of hydrogen-bond donors (Lipinski definition) is 5. The molecule has 0 heterocycles. The predicted molar refractivity (Wildman–Crippen MR) is 144 cm³/mol. The number of ketones is 3. The molecule has 0 bridgehead atoms. The second kappa shape index (κ2) is 10.2. The lowest BCUT2D eigenvalue weighted by Crippen LogP contribution is -2.75. The fourth-order valence-electron chi connectivity index (χ4n) is 7.10. The summed E-state index contributed by atoms with van der Waals surface area (Å²) in [6, 6.07) is 10.3. The molecule has 3 aliphatic carbocycles. The lowest BCUT2D eigenvalue weighted by atomic mass is 9.52. The Morgan fingerprint density at radius 1 is 1.07 bits per heavy atom. The normalized spacial score (nSPS) is 31.5. The van der Waals surface area contributed by atoms with Gasteiger partial charge in [0.15, 0.2) is 23.0 Å². The largest absolute Gasteiger partial charge is 0.507 e. The zero-order valence-corrected chi connectivity index (χ0v) is 22.8. The number of amides is 1. The highest BCUT2D eigenvalue weighted by Gasteiger charge is 2.69. The van der Waals surface area contributed by atoms with Crippen LogP contribution in [0.5, 0.6) is 5.75 Å². The van der Waals surface area contributed by atoms with Crippen LogP contribution in [0.25, 0.3) is 0 Å². The Morgan fingerprint density at radius 2 is 1.75 bits per heavy atom. The highest BCUT2D eigenvalue weighted by atomic mass is 16.3. The number of Topliss-reactive ketones (excluding diaryl/α,β-unsaturated/α-hetero) is 3. The van der Waals surface area contributed by atoms with E-state index in [1.54, 1.807) is 25.1 Å². The Kier molecular flexibility index (Phi) is 7.16. The predicted octanol–water partition coefficient (Wildman–Crippen LogP) is 0.257. The van der Waals surface area contributed by atoms with Gasteiger partial charge in [0.25, 0.3) is 0 Å². The molecule has 212 valence electrons. The number of phenolic OH excluding ortho intramolecular Hbond substituents is 1. The SMILES string of the molecule is Cc1ccc(CNCc2ccc(O)c3c2C[C@@H]2C[C@@H]4[C@@H](N(C)C)C(O)C(C(N)=O)C(=O)[C@]4(O)C(=O)C2C3=O)cc1. The number of carbonyl (C=O) groups is 4. The maximum Gasteiger partial charge on any atom is 0.230 e. The van der Waals surface area contributed by atoms with E-state index in [0.29, 0.717) is 18.7 Å². The number of aryl methyl sites for hydroxylation is 1. The molecule has 0 aromatic heterocycles. The molecule has 40 heavy (non-hydrogen) atoms. The molecule has 0 spiro atoms. The first kappa shape index (κ1) is 28.1. The van der Waals surface area contributed by atoms with E-state index in [1.807, 2.05) is 31.2 Å². The third-order valence-corrected chi connectivity index (χ3v) is 9.04. The number of benzene rings is 2. The molecule has 2 fully saturated rings. The van der Waals surface area contributed by atoms with Crippen molar-refractivity contribution in [1.82, 2.24) is 10.2 Å². The molecule has 10 nitrogen and oxygen atoms in total. The monoisotopic (exact) mass is 549 g/mol. The maximum atomic E-state index is 13.9. The maximum absolute atomic E-state index is 13.9. The summed E-state index contributed by atoms with van der Waals surface area (Å²) in [4.78, 5) is 54.8. The Bertz CT molecular complexity index is 1390. The van der Waals surface area contributed by atoms with Crippen molar-refractivity contribution in [3.05, 3.63) is 64.2 Å². The first-order valence-corrected chi connectivity index (χ1v) is 13.5. The molecule has 0 aliphatic heterocycles. The van der Waals surface area contributed by atoms with Gasteiger partial charge in [-0.15, -0.1) is 0 Å². The average molecular weight is 550 g/mol. The minimum absolute atomic E-state index is 0.0187. The lowest BCUT2D eigenvalue weighted by Gasteiger charge is -2.54. The van der Waals surface area contributed by atoms with Gasteiger partial charge in [0, 0.05) is 25.0 Å². The molecule has 7 atom stereocenters. The summed E-state index contributed by atoms with van der Waals surface area (Å²) >= 11 is 0. The van der Waals surface area contributed by atoms with E-state index in [-0.39, 0.29) is 24.2 Å². The minimum Gasteiger partial charge on any atom is -0.507 e. The molecular weight excluding hydrogens is 514 g/mol. The van der Waals surface area contributed by atoms with Crippen LogP contribution in [0.3, 0.4) is 0 Å². The highest BCUT2D eigenvalue weighted by Crippen LogP contribution is 2.51. The van der Waals surface area contributed by atoms with Crippen LogP contribution >= 0.6 is 0 Å². The number of nitrogens with two attached hydrogens (primary N) is 1. The minimum atomic E-state index is -2.66. The molecule has 0 saturated heterocycles. The Morgan fingerprint density at radius 3 is 2.38 bits per heavy atom. The van der Waals surface area contributed by atoms with Crippen molar-refractivity contribution in [1.29, 1.82) is 0 Å². The summed E-state index contributed by atoms with van der Waals surface area (Å²) in [5, 5.41) is 36.7. The molecule has 2 saturated carbocycles. The molecule has 3 aliphatic rings. The molecule has 1 amide bonds. The van der Waals surface area contributed by atoms with Crippen molar-refractivity contribution in [3.63, 3.8) is 0 Å². The van der Waals surface area contributed by atoms with Crippen molar-refractivity contribution >= 4 is 23.3 Å². The van der Waals surface area contributed by atoms with E-state index >= 15 is 0 Å². The van der Waals surface area contributed by atoms with E-state index in [0.717, 1.165) is 16.7 Å². The van der Waals surface area contributed by atoms with Gasteiger partial charge in [-0.25, -0.2) is 0 Å². The molecule has 2 aromatic rings. The Balaban J connectivity index is 1.49. The third-order valence-electron chi connectivity index (χ3n) is 9.04. The van der Waals surface area contributed by atoms with Crippen LogP contribution in [0.1, 0.15) is 39.0 Å². The van der Waals surface area contributed by atoms with Crippen LogP contribution in [0, 0.1) is 30.6 Å². The highest BCUT2D eigenvalue weighted by molar-refractivity contribution is 6.25. The zero-order chi connectivity index (χ0) is 29.1. The summed E-state index contributed by atoms with van der Waals surface area (Å²) in [6.45, 7) is 3.02. The van der Waals surface area contributed by atoms with E-state index in [2.05, 4.69) is 5.32 Å². The molecule has 0 radical (unpaired) electrons. The summed E-state index contributed by atoms with van der Waals surface area (Å²) < 4.78 is 0. The fraction of sp³-hybridized carbons (Fsp3) is 0.467. The van der Waals surface area contributed by atoms with Crippen molar-refractivity contribution in [2.24, 2.45) is 29.4 Å². The number of nitrogens with one attached hydrogen (secondary N) is 1. The van der Waals surface area contributed by atoms with Crippen LogP contribution in [-0.4, -0.2) is 75.3 Å². The van der Waals surface area contributed by atoms with Gasteiger partial charge in [-0.3, -0.25) is 19.2 Å². The second-order valence-corrected chi connectivity index (χ2v) is 11.7. The smallest absolute Gasteiger partial charge is 0.230 e. The van der Waals surface area contributed by atoms with E-state index < -0.39 is 64.7 Å². The van der Waals surface area contributed by atoms with Crippen LogP contribution in [0.2, 0.25) is 0 Å². The number of primary amides is 1. The first-order valence-electron chi connectivity index (χ1n) is 13.5. The van der Waals surface area contributed by atoms with Gasteiger partial charge < -0.3 is 31.3 Å². The van der Waals surface area contributed by atoms with Crippen LogP contribution in [0.15, 0.2) is 36.4 Å². The van der Waals surface area contributed by atoms with Crippen LogP contribution < -0.4 is 11.1 Å². The number of hydrogen-bond acceptors (Lipinski definition) is 9. The van der Waals surface area contributed by atoms with Gasteiger partial charge in [-0.2, -0.15) is 0 Å². The van der Waals surface area contributed by atoms with E-state index in [4.69, 9.17) is 5.73 Å². The van der Waals surface area contributed by atoms with Gasteiger partial charge in [0.1, 0.15) is 11.7 Å². The topological polar surface area (TPSA) is 170 Å². The molecule has 5 rings (SSSR count). The number of nitrogens with zero attached hydrogens (tertiary/aromatic N) is 1. The van der Waals surface area contributed by atoms with Crippen molar-refractivity contribution in [3.8, 4) is 5.75 Å². The molecular formula is C30H35N3O7. The molecule has 10 heteroatoms. The number of aromatic hydroxyl groups is 1. The van der Waals surface area contributed by atoms with Crippen LogP contribution in [0.4, 0.5) is 0 Å². The summed E-state index contributed by atoms with van der Waals surface area (Å²) in [6.07, 6.45) is -1.17. The van der Waals surface area contributed by atoms with Gasteiger partial charge in [0.2, 0.25) is 5.91 Å². The number of likely N-dealkylation sites (N-methyl/N-ethyl adjacent to an activating group) is 1. The first-order chi connectivity index (χ1) is 18.9. The number of fused-ring (bicyclic) bond motifs is 3. The van der Waals surface area contributed by atoms with Gasteiger partial charge in [-0.05, 0) is 62.5 Å². The van der Waals surface area contributed by atoms with Crippen molar-refractivity contribution in [2.75, 3.05) is 14.1 Å². The second-order valence-electron chi connectivity index (χ2n) is 11.7.